The second-order valence-corrected chi connectivity index (χ2v) is 12.4. The third-order valence-corrected chi connectivity index (χ3v) is 9.04. The normalized spacial score (nSPS) is 21.1. The van der Waals surface area contributed by atoms with E-state index < -0.39 is 30.4 Å². The zero-order valence-corrected chi connectivity index (χ0v) is 27.7. The second kappa shape index (κ2) is 16.2. The Labute approximate surface area is 285 Å². The third kappa shape index (κ3) is 8.16. The van der Waals surface area contributed by atoms with Gasteiger partial charge in [-0.15, -0.1) is 0 Å². The van der Waals surface area contributed by atoms with Crippen molar-refractivity contribution in [1.82, 2.24) is 40.4 Å². The molecule has 14 heteroatoms. The number of rotatable bonds is 13. The van der Waals surface area contributed by atoms with Crippen LogP contribution in [0.3, 0.4) is 0 Å². The van der Waals surface area contributed by atoms with Crippen LogP contribution in [0.4, 0.5) is 10.6 Å². The summed E-state index contributed by atoms with van der Waals surface area (Å²) >= 11 is 0. The Morgan fingerprint density at radius 3 is 2.29 bits per heavy atom. The van der Waals surface area contributed by atoms with E-state index in [-0.39, 0.29) is 18.5 Å². The number of urea groups is 1. The molecule has 2 aliphatic rings. The number of amides is 3. The van der Waals surface area contributed by atoms with Crippen LogP contribution < -0.4 is 21.3 Å². The number of hydrogen-bond donors (Lipinski definition) is 6. The highest BCUT2D eigenvalue weighted by Gasteiger charge is 2.47. The highest BCUT2D eigenvalue weighted by Crippen LogP contribution is 2.33. The number of aliphatic hydroxyl groups excluding tert-OH is 2. The van der Waals surface area contributed by atoms with E-state index in [0.717, 1.165) is 30.8 Å². The lowest BCUT2D eigenvalue weighted by Gasteiger charge is -2.26. The number of piperidine rings is 1. The number of nitrogens with one attached hydrogen (secondary N) is 4. The van der Waals surface area contributed by atoms with Gasteiger partial charge in [-0.05, 0) is 44.0 Å². The Morgan fingerprint density at radius 1 is 0.918 bits per heavy atom. The fourth-order valence-corrected chi connectivity index (χ4v) is 6.46. The van der Waals surface area contributed by atoms with E-state index in [1.165, 1.54) is 30.2 Å². The minimum absolute atomic E-state index is 0.0182. The van der Waals surface area contributed by atoms with E-state index in [1.54, 1.807) is 6.92 Å². The smallest absolute Gasteiger partial charge is 0.315 e. The fraction of sp³-hybridized carbons (Fsp3) is 0.457. The number of likely N-dealkylation sites (N-methyl/N-ethyl adjacent to an activating group) is 1. The fourth-order valence-electron chi connectivity index (χ4n) is 6.46. The van der Waals surface area contributed by atoms with Crippen LogP contribution in [-0.2, 0) is 16.1 Å². The van der Waals surface area contributed by atoms with Crippen molar-refractivity contribution in [2.24, 2.45) is 0 Å². The minimum Gasteiger partial charge on any atom is -0.387 e. The molecule has 2 aromatic carbocycles. The molecule has 2 aliphatic heterocycles. The van der Waals surface area contributed by atoms with Gasteiger partial charge in [0.25, 0.3) is 5.91 Å². The highest BCUT2D eigenvalue weighted by atomic mass is 16.6. The summed E-state index contributed by atoms with van der Waals surface area (Å²) in [5.41, 5.74) is 2.95. The molecule has 0 bridgehead atoms. The number of carbonyl (C=O) groups excluding carboxylic acids is 2. The molecule has 3 amide bonds. The molecule has 260 valence electrons. The molecule has 4 aromatic rings. The van der Waals surface area contributed by atoms with E-state index in [4.69, 9.17) is 14.7 Å². The number of likely N-dealkylation sites (tertiary alicyclic amines) is 1. The molecule has 3 unspecified atom stereocenters. The molecule has 6 rings (SSSR count). The molecule has 49 heavy (non-hydrogen) atoms. The first-order valence-electron chi connectivity index (χ1n) is 17.0. The van der Waals surface area contributed by atoms with Gasteiger partial charge >= 0.3 is 6.03 Å². The number of benzene rings is 2. The lowest BCUT2D eigenvalue weighted by Crippen LogP contribution is -2.42. The predicted molar refractivity (Wildman–Crippen MR) is 184 cm³/mol. The number of fused-ring (bicyclic) bond motifs is 1. The van der Waals surface area contributed by atoms with Crippen molar-refractivity contribution in [3.8, 4) is 0 Å². The van der Waals surface area contributed by atoms with Crippen molar-refractivity contribution in [3.05, 3.63) is 83.9 Å². The molecule has 2 aromatic heterocycles. The number of nitrogens with zero attached hydrogens (tertiary/aromatic N) is 5. The molecule has 4 heterocycles. The van der Waals surface area contributed by atoms with Crippen LogP contribution in [0, 0.1) is 0 Å². The number of aliphatic hydroxyl groups is 2. The van der Waals surface area contributed by atoms with Crippen molar-refractivity contribution < 1.29 is 24.5 Å². The first kappa shape index (κ1) is 34.2. The number of imidazole rings is 1. The van der Waals surface area contributed by atoms with Gasteiger partial charge in [-0.1, -0.05) is 67.1 Å². The van der Waals surface area contributed by atoms with Crippen LogP contribution in [0.15, 0.2) is 67.0 Å². The summed E-state index contributed by atoms with van der Waals surface area (Å²) in [6.45, 7) is 6.01. The number of anilines is 1. The maximum absolute atomic E-state index is 12.7. The standard InChI is InChI=1S/C35H45N9O5/c1-2-36-33(47)30-28(45)29(46)34(49-30)44-22-40-27-31(38-20-25(23-12-6-3-7-13-23)24-14-8-4-9-15-24)41-26(42-32(27)44)21-39-35(48)37-16-19-43-17-10-5-11-18-43/h3-4,6-9,12-15,22,25,28-30,34,45-46H,2,5,10-11,16-21H2,1H3,(H,36,47)(H2,37,39,48)(H,38,41,42)/t28?,29?,30-,34?/m0/s1. The third-order valence-electron chi connectivity index (χ3n) is 9.04. The zero-order chi connectivity index (χ0) is 34.2. The van der Waals surface area contributed by atoms with E-state index in [0.29, 0.717) is 42.4 Å². The molecule has 0 spiro atoms. The topological polar surface area (TPSA) is 179 Å². The molecule has 2 saturated heterocycles. The van der Waals surface area contributed by atoms with E-state index in [1.807, 2.05) is 36.4 Å². The van der Waals surface area contributed by atoms with Crippen LogP contribution in [0.5, 0.6) is 0 Å². The Hall–Kier alpha value is -4.63. The molecule has 6 N–H and O–H groups in total. The van der Waals surface area contributed by atoms with Crippen molar-refractivity contribution in [2.75, 3.05) is 44.6 Å². The van der Waals surface area contributed by atoms with Gasteiger partial charge in [0.2, 0.25) is 0 Å². The molecular weight excluding hydrogens is 626 g/mol. The van der Waals surface area contributed by atoms with Crippen LogP contribution in [-0.4, -0.2) is 104 Å². The summed E-state index contributed by atoms with van der Waals surface area (Å²) in [6.07, 6.45) is -0.230. The highest BCUT2D eigenvalue weighted by molar-refractivity contribution is 5.84. The minimum atomic E-state index is -1.46. The summed E-state index contributed by atoms with van der Waals surface area (Å²) in [5.74, 6) is 0.181. The van der Waals surface area contributed by atoms with E-state index >= 15 is 0 Å². The van der Waals surface area contributed by atoms with Gasteiger partial charge in [0.05, 0.1) is 12.9 Å². The van der Waals surface area contributed by atoms with Crippen molar-refractivity contribution in [2.45, 2.75) is 63.2 Å². The van der Waals surface area contributed by atoms with Crippen LogP contribution in [0.1, 0.15) is 55.3 Å². The Morgan fingerprint density at radius 2 is 1.61 bits per heavy atom. The lowest BCUT2D eigenvalue weighted by atomic mass is 9.91. The molecule has 14 nitrogen and oxygen atoms in total. The SMILES string of the molecule is CCNC(=O)[C@H]1OC(n2cnc3c(NCC(c4ccccc4)c4ccccc4)nc(CNC(=O)NCCN4CCCCC4)nc32)C(O)C1O. The van der Waals surface area contributed by atoms with E-state index in [9.17, 15) is 19.8 Å². The van der Waals surface area contributed by atoms with Gasteiger partial charge in [-0.2, -0.15) is 0 Å². The summed E-state index contributed by atoms with van der Waals surface area (Å²) in [5, 5.41) is 33.5. The summed E-state index contributed by atoms with van der Waals surface area (Å²) in [6, 6.07) is 20.0. The van der Waals surface area contributed by atoms with Gasteiger partial charge in [0.1, 0.15) is 12.2 Å². The number of carbonyl (C=O) groups is 2. The first-order valence-corrected chi connectivity index (χ1v) is 17.0. The van der Waals surface area contributed by atoms with Crippen molar-refractivity contribution >= 4 is 28.9 Å². The largest absolute Gasteiger partial charge is 0.387 e. The molecule has 0 saturated carbocycles. The zero-order valence-electron chi connectivity index (χ0n) is 27.7. The van der Waals surface area contributed by atoms with Gasteiger partial charge < -0.3 is 41.1 Å². The van der Waals surface area contributed by atoms with Crippen LogP contribution in [0.2, 0.25) is 0 Å². The maximum atomic E-state index is 12.7. The van der Waals surface area contributed by atoms with Crippen molar-refractivity contribution in [1.29, 1.82) is 0 Å². The Kier molecular flexibility index (Phi) is 11.3. The maximum Gasteiger partial charge on any atom is 0.315 e. The van der Waals surface area contributed by atoms with Crippen LogP contribution in [0.25, 0.3) is 11.2 Å². The molecule has 0 aliphatic carbocycles. The molecular formula is C35H45N9O5. The van der Waals surface area contributed by atoms with Gasteiger partial charge in [-0.3, -0.25) is 9.36 Å². The molecule has 0 radical (unpaired) electrons. The monoisotopic (exact) mass is 671 g/mol. The Bertz CT molecular complexity index is 1640. The lowest BCUT2D eigenvalue weighted by molar-refractivity contribution is -0.137. The van der Waals surface area contributed by atoms with Gasteiger partial charge in [-0.25, -0.2) is 19.7 Å². The average molecular weight is 672 g/mol. The van der Waals surface area contributed by atoms with Crippen molar-refractivity contribution in [3.63, 3.8) is 0 Å². The molecule has 4 atom stereocenters. The van der Waals surface area contributed by atoms with Gasteiger partial charge in [0, 0.05) is 32.1 Å². The Balaban J connectivity index is 1.25. The van der Waals surface area contributed by atoms with Gasteiger partial charge in [0.15, 0.2) is 35.1 Å². The predicted octanol–water partition coefficient (Wildman–Crippen LogP) is 2.11. The molecule has 2 fully saturated rings. The second-order valence-electron chi connectivity index (χ2n) is 12.4. The summed E-state index contributed by atoms with van der Waals surface area (Å²) in [7, 11) is 0. The number of hydrogen-bond acceptors (Lipinski definition) is 10. The number of ether oxygens (including phenoxy) is 1. The number of aromatic nitrogens is 4. The summed E-state index contributed by atoms with van der Waals surface area (Å²) < 4.78 is 7.37. The van der Waals surface area contributed by atoms with E-state index in [2.05, 4.69) is 55.4 Å². The summed E-state index contributed by atoms with van der Waals surface area (Å²) in [4.78, 5) is 41.7. The quantitative estimate of drug-likeness (QED) is 0.123. The first-order chi connectivity index (χ1) is 23.9. The van der Waals surface area contributed by atoms with Crippen LogP contribution >= 0.6 is 0 Å². The average Bonchev–Trinajstić information content (AvgIpc) is 3.68.